The smallest absolute Gasteiger partial charge is 0.148 e. The Morgan fingerprint density at radius 1 is 1.14 bits per heavy atom. The number of alkyl halides is 3. The van der Waals surface area contributed by atoms with Gasteiger partial charge in [0.25, 0.3) is 0 Å². The van der Waals surface area contributed by atoms with Crippen LogP contribution < -0.4 is 0 Å². The van der Waals surface area contributed by atoms with Crippen LogP contribution in [0.15, 0.2) is 34.5 Å². The number of azo groups is 1. The zero-order valence-electron chi connectivity index (χ0n) is 7.54. The Bertz CT molecular complexity index is 314. The molecule has 1 aromatic carbocycles. The first-order chi connectivity index (χ1) is 6.51. The van der Waals surface area contributed by atoms with E-state index in [-0.39, 0.29) is 5.69 Å². The number of hydrogen-bond donors (Lipinski definition) is 0. The van der Waals surface area contributed by atoms with Crippen molar-refractivity contribution in [2.24, 2.45) is 10.2 Å². The van der Waals surface area contributed by atoms with Crippen molar-refractivity contribution in [1.29, 1.82) is 0 Å². The van der Waals surface area contributed by atoms with E-state index in [1.165, 1.54) is 12.1 Å². The van der Waals surface area contributed by atoms with Gasteiger partial charge >= 0.3 is 6.30 Å². The van der Waals surface area contributed by atoms with Crippen LogP contribution in [0.3, 0.4) is 0 Å². The molecule has 0 amide bonds. The molecule has 1 aromatic rings. The van der Waals surface area contributed by atoms with Gasteiger partial charge in [-0.1, -0.05) is 24.2 Å². The molecule has 0 aliphatic heterocycles. The van der Waals surface area contributed by atoms with E-state index in [1.807, 2.05) is 6.92 Å². The quantitative estimate of drug-likeness (QED) is 0.514. The number of nitrogens with zero attached hydrogens (tertiary/aromatic N) is 2. The molecule has 2 nitrogen and oxygen atoms in total. The Labute approximate surface area is 79.5 Å². The number of aryl methyl sites for hydroxylation is 1. The lowest BCUT2D eigenvalue weighted by molar-refractivity contribution is -0.125. The van der Waals surface area contributed by atoms with Gasteiger partial charge in [0.05, 0.1) is 5.69 Å². The lowest BCUT2D eigenvalue weighted by Crippen LogP contribution is -1.99. The summed E-state index contributed by atoms with van der Waals surface area (Å²) in [5, 5.41) is 5.26. The minimum absolute atomic E-state index is 0.208. The molecular formula is C9H9F3N2. The van der Waals surface area contributed by atoms with E-state index in [1.54, 1.807) is 12.1 Å². The van der Waals surface area contributed by atoms with Crippen LogP contribution in [0.25, 0.3) is 0 Å². The average molecular weight is 202 g/mol. The maximum absolute atomic E-state index is 11.6. The third-order valence-electron chi connectivity index (χ3n) is 1.62. The van der Waals surface area contributed by atoms with Gasteiger partial charge in [-0.15, -0.1) is 18.3 Å². The molecule has 0 fully saturated rings. The zero-order valence-corrected chi connectivity index (χ0v) is 7.54. The summed E-state index contributed by atoms with van der Waals surface area (Å²) in [5.41, 5.74) is 1.26. The summed E-state index contributed by atoms with van der Waals surface area (Å²) in [6, 6.07) is 6.47. The Balaban J connectivity index is 2.74. The molecule has 0 aliphatic carbocycles. The summed E-state index contributed by atoms with van der Waals surface area (Å²) in [6.07, 6.45) is -3.75. The Morgan fingerprint density at radius 2 is 1.71 bits per heavy atom. The summed E-state index contributed by atoms with van der Waals surface area (Å²) in [6.45, 7) is 1.96. The lowest BCUT2D eigenvalue weighted by atomic mass is 10.2. The molecule has 0 unspecified atom stereocenters. The molecule has 0 spiro atoms. The second-order valence-corrected chi connectivity index (χ2v) is 2.69. The molecule has 0 atom stereocenters. The fourth-order valence-corrected chi connectivity index (χ4v) is 0.913. The number of benzene rings is 1. The summed E-state index contributed by atoms with van der Waals surface area (Å²) in [4.78, 5) is 0. The maximum Gasteiger partial charge on any atom is 0.521 e. The molecule has 0 radical (unpaired) electrons. The summed E-state index contributed by atoms with van der Waals surface area (Å²) >= 11 is 0. The highest BCUT2D eigenvalue weighted by Gasteiger charge is 2.26. The van der Waals surface area contributed by atoms with Gasteiger partial charge in [-0.25, -0.2) is 0 Å². The topological polar surface area (TPSA) is 24.7 Å². The van der Waals surface area contributed by atoms with Crippen molar-refractivity contribution in [1.82, 2.24) is 0 Å². The third-order valence-corrected chi connectivity index (χ3v) is 1.62. The highest BCUT2D eigenvalue weighted by Crippen LogP contribution is 2.21. The fraction of sp³-hybridized carbons (Fsp3) is 0.333. The van der Waals surface area contributed by atoms with Crippen molar-refractivity contribution in [2.45, 2.75) is 19.6 Å². The first kappa shape index (κ1) is 10.7. The number of hydrogen-bond acceptors (Lipinski definition) is 2. The molecule has 0 aromatic heterocycles. The lowest BCUT2D eigenvalue weighted by Gasteiger charge is -1.97. The molecule has 5 heteroatoms. The van der Waals surface area contributed by atoms with Crippen LogP contribution in [0, 0.1) is 0 Å². The van der Waals surface area contributed by atoms with E-state index in [2.05, 4.69) is 10.2 Å². The second kappa shape index (κ2) is 4.21. The van der Waals surface area contributed by atoms with E-state index in [0.29, 0.717) is 0 Å². The Hall–Kier alpha value is -1.39. The summed E-state index contributed by atoms with van der Waals surface area (Å²) in [7, 11) is 0. The standard InChI is InChI=1S/C9H9F3N2/c1-2-7-3-5-8(6-4-7)13-14-9(10,11)12/h3-6H,2H2,1H3/b14-13-. The minimum atomic E-state index is -4.59. The second-order valence-electron chi connectivity index (χ2n) is 2.69. The van der Waals surface area contributed by atoms with Gasteiger partial charge in [0, 0.05) is 0 Å². The molecule has 0 aliphatic rings. The van der Waals surface area contributed by atoms with Gasteiger partial charge < -0.3 is 0 Å². The highest BCUT2D eigenvalue weighted by atomic mass is 19.4. The van der Waals surface area contributed by atoms with Crippen molar-refractivity contribution < 1.29 is 13.2 Å². The van der Waals surface area contributed by atoms with Crippen molar-refractivity contribution in [3.63, 3.8) is 0 Å². The molecule has 76 valence electrons. The highest BCUT2D eigenvalue weighted by molar-refractivity contribution is 5.38. The van der Waals surface area contributed by atoms with Crippen molar-refractivity contribution in [3.05, 3.63) is 29.8 Å². The predicted octanol–water partition coefficient (Wildman–Crippen LogP) is 3.85. The van der Waals surface area contributed by atoms with Gasteiger partial charge in [0.15, 0.2) is 0 Å². The number of rotatable bonds is 2. The van der Waals surface area contributed by atoms with Crippen LogP contribution in [0.4, 0.5) is 18.9 Å². The molecule has 0 bridgehead atoms. The van der Waals surface area contributed by atoms with E-state index in [4.69, 9.17) is 0 Å². The van der Waals surface area contributed by atoms with E-state index >= 15 is 0 Å². The fourth-order valence-electron chi connectivity index (χ4n) is 0.913. The molecule has 0 saturated heterocycles. The van der Waals surface area contributed by atoms with Gasteiger partial charge in [-0.05, 0) is 24.1 Å². The monoisotopic (exact) mass is 202 g/mol. The van der Waals surface area contributed by atoms with Gasteiger partial charge in [-0.2, -0.15) is 0 Å². The van der Waals surface area contributed by atoms with Crippen LogP contribution >= 0.6 is 0 Å². The Kier molecular flexibility index (Phi) is 3.22. The van der Waals surface area contributed by atoms with E-state index in [0.717, 1.165) is 12.0 Å². The first-order valence-electron chi connectivity index (χ1n) is 4.10. The normalized spacial score (nSPS) is 12.3. The van der Waals surface area contributed by atoms with Gasteiger partial charge in [0.1, 0.15) is 0 Å². The largest absolute Gasteiger partial charge is 0.521 e. The molecular weight excluding hydrogens is 193 g/mol. The van der Waals surface area contributed by atoms with Crippen LogP contribution in [0.5, 0.6) is 0 Å². The SMILES string of the molecule is CCc1ccc(/N=N\C(F)(F)F)cc1. The van der Waals surface area contributed by atoms with Crippen molar-refractivity contribution >= 4 is 5.69 Å². The summed E-state index contributed by atoms with van der Waals surface area (Å²) in [5.74, 6) is 0. The molecule has 0 saturated carbocycles. The van der Waals surface area contributed by atoms with Gasteiger partial charge in [0.2, 0.25) is 0 Å². The predicted molar refractivity (Wildman–Crippen MR) is 46.4 cm³/mol. The van der Waals surface area contributed by atoms with Crippen LogP contribution in [-0.2, 0) is 6.42 Å². The molecule has 0 heterocycles. The van der Waals surface area contributed by atoms with Crippen LogP contribution in [0.1, 0.15) is 12.5 Å². The molecule has 1 rings (SSSR count). The molecule has 0 N–H and O–H groups in total. The maximum atomic E-state index is 11.6. The van der Waals surface area contributed by atoms with Crippen LogP contribution in [-0.4, -0.2) is 6.30 Å². The van der Waals surface area contributed by atoms with Gasteiger partial charge in [-0.3, -0.25) is 0 Å². The third kappa shape index (κ3) is 3.55. The van der Waals surface area contributed by atoms with E-state index < -0.39 is 6.30 Å². The zero-order chi connectivity index (χ0) is 10.6. The van der Waals surface area contributed by atoms with Crippen molar-refractivity contribution in [2.75, 3.05) is 0 Å². The van der Waals surface area contributed by atoms with Crippen molar-refractivity contribution in [3.8, 4) is 0 Å². The summed E-state index contributed by atoms with van der Waals surface area (Å²) < 4.78 is 34.9. The van der Waals surface area contributed by atoms with E-state index in [9.17, 15) is 13.2 Å². The van der Waals surface area contributed by atoms with Crippen LogP contribution in [0.2, 0.25) is 0 Å². The number of halogens is 3. The first-order valence-corrected chi connectivity index (χ1v) is 4.10. The Morgan fingerprint density at radius 3 is 2.14 bits per heavy atom. The average Bonchev–Trinajstić information content (AvgIpc) is 2.14. The minimum Gasteiger partial charge on any atom is -0.148 e. The molecule has 14 heavy (non-hydrogen) atoms.